The minimum atomic E-state index is -0.751. The number of nitrogen functional groups attached to an aromatic ring is 1. The summed E-state index contributed by atoms with van der Waals surface area (Å²) in [7, 11) is 0. The molecule has 4 N–H and O–H groups in total. The zero-order chi connectivity index (χ0) is 14.8. The molecule has 1 aromatic rings. The van der Waals surface area contributed by atoms with E-state index in [4.69, 9.17) is 10.8 Å². The number of aromatic nitrogens is 2. The first-order chi connectivity index (χ1) is 9.61. The Morgan fingerprint density at radius 3 is 2.45 bits per heavy atom. The van der Waals surface area contributed by atoms with Gasteiger partial charge in [-0.3, -0.25) is 9.59 Å². The summed E-state index contributed by atoms with van der Waals surface area (Å²) in [4.78, 5) is 29.7. The highest BCUT2D eigenvalue weighted by Crippen LogP contribution is 2.05. The maximum atomic E-state index is 11.7. The number of aliphatic carboxylic acids is 1. The smallest absolute Gasteiger partial charge is 0.303 e. The Balaban J connectivity index is 2.08. The van der Waals surface area contributed by atoms with Gasteiger partial charge in [-0.05, 0) is 12.8 Å². The molecule has 1 rings (SSSR count). The van der Waals surface area contributed by atoms with Crippen LogP contribution in [0.1, 0.15) is 49.0 Å². The molecule has 0 spiro atoms. The molecule has 0 aromatic carbocycles. The third kappa shape index (κ3) is 6.12. The average molecular weight is 280 g/mol. The van der Waals surface area contributed by atoms with Crippen LogP contribution >= 0.6 is 0 Å². The van der Waals surface area contributed by atoms with Gasteiger partial charge < -0.3 is 16.2 Å². The lowest BCUT2D eigenvalue weighted by Crippen LogP contribution is -2.26. The predicted octanol–water partition coefficient (Wildman–Crippen LogP) is 1.21. The fourth-order valence-electron chi connectivity index (χ4n) is 1.74. The maximum Gasteiger partial charge on any atom is 0.303 e. The Morgan fingerprint density at radius 1 is 1.10 bits per heavy atom. The first kappa shape index (κ1) is 15.9. The normalized spacial score (nSPS) is 10.2. The van der Waals surface area contributed by atoms with Crippen LogP contribution in [0.4, 0.5) is 5.82 Å². The van der Waals surface area contributed by atoms with Crippen LogP contribution in [-0.2, 0) is 4.79 Å². The van der Waals surface area contributed by atoms with E-state index in [1.165, 1.54) is 12.4 Å². The van der Waals surface area contributed by atoms with Gasteiger partial charge in [0.25, 0.3) is 5.91 Å². The maximum absolute atomic E-state index is 11.7. The summed E-state index contributed by atoms with van der Waals surface area (Å²) in [6.45, 7) is 0.549. The zero-order valence-corrected chi connectivity index (χ0v) is 11.3. The van der Waals surface area contributed by atoms with Crippen molar-refractivity contribution in [3.63, 3.8) is 0 Å². The number of carbonyl (C=O) groups is 2. The predicted molar refractivity (Wildman–Crippen MR) is 74.1 cm³/mol. The molecule has 20 heavy (non-hydrogen) atoms. The fraction of sp³-hybridized carbons (Fsp3) is 0.538. The molecule has 0 fully saturated rings. The molecule has 7 nitrogen and oxygen atoms in total. The molecule has 0 atom stereocenters. The molecule has 1 amide bonds. The Morgan fingerprint density at radius 2 is 1.75 bits per heavy atom. The Labute approximate surface area is 117 Å². The number of hydrogen-bond donors (Lipinski definition) is 3. The van der Waals surface area contributed by atoms with Crippen LogP contribution in [0, 0.1) is 0 Å². The monoisotopic (exact) mass is 280 g/mol. The van der Waals surface area contributed by atoms with Gasteiger partial charge in [-0.25, -0.2) is 9.97 Å². The third-order valence-electron chi connectivity index (χ3n) is 2.79. The van der Waals surface area contributed by atoms with E-state index in [-0.39, 0.29) is 23.8 Å². The highest BCUT2D eigenvalue weighted by molar-refractivity contribution is 5.96. The topological polar surface area (TPSA) is 118 Å². The van der Waals surface area contributed by atoms with Crippen LogP contribution in [0.5, 0.6) is 0 Å². The zero-order valence-electron chi connectivity index (χ0n) is 11.3. The molecule has 0 aliphatic rings. The van der Waals surface area contributed by atoms with Crippen molar-refractivity contribution in [2.45, 2.75) is 38.5 Å². The molecule has 0 unspecified atom stereocenters. The standard InChI is InChI=1S/C13H20N4O3/c14-12-11(15-8-9-16-12)13(20)17-7-5-3-1-2-4-6-10(18)19/h8-9H,1-7H2,(H2,14,16)(H,17,20)(H,18,19). The summed E-state index contributed by atoms with van der Waals surface area (Å²) in [5.74, 6) is -0.945. The number of nitrogens with zero attached hydrogens (tertiary/aromatic N) is 2. The fourth-order valence-corrected chi connectivity index (χ4v) is 1.74. The quantitative estimate of drug-likeness (QED) is 0.585. The first-order valence-electron chi connectivity index (χ1n) is 6.67. The van der Waals surface area contributed by atoms with Crippen molar-refractivity contribution in [1.29, 1.82) is 0 Å². The number of carboxylic acids is 1. The molecule has 1 heterocycles. The van der Waals surface area contributed by atoms with Crippen LogP contribution in [0.2, 0.25) is 0 Å². The van der Waals surface area contributed by atoms with E-state index in [2.05, 4.69) is 15.3 Å². The second-order valence-electron chi connectivity index (χ2n) is 4.46. The number of amides is 1. The Hall–Kier alpha value is -2.18. The lowest BCUT2D eigenvalue weighted by Gasteiger charge is -2.05. The van der Waals surface area contributed by atoms with Crippen LogP contribution < -0.4 is 11.1 Å². The number of nitrogens with one attached hydrogen (secondary N) is 1. The van der Waals surface area contributed by atoms with Crippen LogP contribution in [0.3, 0.4) is 0 Å². The Bertz CT molecular complexity index is 451. The van der Waals surface area contributed by atoms with Gasteiger partial charge in [-0.1, -0.05) is 19.3 Å². The minimum Gasteiger partial charge on any atom is -0.481 e. The summed E-state index contributed by atoms with van der Waals surface area (Å²) in [6.07, 6.45) is 7.46. The summed E-state index contributed by atoms with van der Waals surface area (Å²) >= 11 is 0. The van der Waals surface area contributed by atoms with Gasteiger partial charge in [0.05, 0.1) is 0 Å². The third-order valence-corrected chi connectivity index (χ3v) is 2.79. The van der Waals surface area contributed by atoms with E-state index >= 15 is 0 Å². The number of anilines is 1. The molecule has 0 saturated heterocycles. The van der Waals surface area contributed by atoms with Gasteiger partial charge in [0.15, 0.2) is 11.5 Å². The molecular weight excluding hydrogens is 260 g/mol. The first-order valence-corrected chi connectivity index (χ1v) is 6.67. The molecule has 0 bridgehead atoms. The number of carbonyl (C=O) groups excluding carboxylic acids is 1. The highest BCUT2D eigenvalue weighted by atomic mass is 16.4. The van der Waals surface area contributed by atoms with E-state index in [1.807, 2.05) is 0 Å². The minimum absolute atomic E-state index is 0.124. The molecule has 0 radical (unpaired) electrons. The summed E-state index contributed by atoms with van der Waals surface area (Å²) in [5.41, 5.74) is 5.70. The van der Waals surface area contributed by atoms with Crippen molar-refractivity contribution in [2.75, 3.05) is 12.3 Å². The molecule has 0 aliphatic carbocycles. The van der Waals surface area contributed by atoms with Crippen molar-refractivity contribution in [3.05, 3.63) is 18.1 Å². The van der Waals surface area contributed by atoms with Crippen molar-refractivity contribution in [3.8, 4) is 0 Å². The lowest BCUT2D eigenvalue weighted by atomic mass is 10.1. The van der Waals surface area contributed by atoms with Crippen LogP contribution in [0.25, 0.3) is 0 Å². The second kappa shape index (κ2) is 8.84. The second-order valence-corrected chi connectivity index (χ2v) is 4.46. The van der Waals surface area contributed by atoms with Crippen molar-refractivity contribution >= 4 is 17.7 Å². The molecule has 1 aromatic heterocycles. The van der Waals surface area contributed by atoms with E-state index in [0.717, 1.165) is 25.7 Å². The number of unbranched alkanes of at least 4 members (excludes halogenated alkanes) is 4. The largest absolute Gasteiger partial charge is 0.481 e. The average Bonchev–Trinajstić information content (AvgIpc) is 2.41. The molecule has 0 saturated carbocycles. The van der Waals surface area contributed by atoms with Crippen molar-refractivity contribution in [2.24, 2.45) is 0 Å². The van der Waals surface area contributed by atoms with E-state index in [9.17, 15) is 9.59 Å². The van der Waals surface area contributed by atoms with Gasteiger partial charge in [0.1, 0.15) is 0 Å². The number of hydrogen-bond acceptors (Lipinski definition) is 5. The highest BCUT2D eigenvalue weighted by Gasteiger charge is 2.10. The van der Waals surface area contributed by atoms with Crippen LogP contribution in [0.15, 0.2) is 12.4 Å². The molecule has 7 heteroatoms. The van der Waals surface area contributed by atoms with Crippen molar-refractivity contribution in [1.82, 2.24) is 15.3 Å². The summed E-state index contributed by atoms with van der Waals surface area (Å²) in [5, 5.41) is 11.2. The Kier molecular flexibility index (Phi) is 7.02. The number of carboxylic acid groups (broad SMARTS) is 1. The molecule has 0 aliphatic heterocycles. The van der Waals surface area contributed by atoms with Gasteiger partial charge in [-0.2, -0.15) is 0 Å². The molecule has 110 valence electrons. The van der Waals surface area contributed by atoms with E-state index in [1.54, 1.807) is 0 Å². The van der Waals surface area contributed by atoms with Gasteiger partial charge in [-0.15, -0.1) is 0 Å². The lowest BCUT2D eigenvalue weighted by molar-refractivity contribution is -0.137. The van der Waals surface area contributed by atoms with Gasteiger partial charge >= 0.3 is 5.97 Å². The van der Waals surface area contributed by atoms with E-state index < -0.39 is 5.97 Å². The molecular formula is C13H20N4O3. The number of rotatable bonds is 9. The van der Waals surface area contributed by atoms with Gasteiger partial charge in [0, 0.05) is 25.4 Å². The van der Waals surface area contributed by atoms with Gasteiger partial charge in [0.2, 0.25) is 0 Å². The van der Waals surface area contributed by atoms with E-state index in [0.29, 0.717) is 13.0 Å². The number of nitrogens with two attached hydrogens (primary N) is 1. The summed E-state index contributed by atoms with van der Waals surface area (Å²) < 4.78 is 0. The van der Waals surface area contributed by atoms with Crippen LogP contribution in [-0.4, -0.2) is 33.5 Å². The summed E-state index contributed by atoms with van der Waals surface area (Å²) in [6, 6.07) is 0. The van der Waals surface area contributed by atoms with Crippen molar-refractivity contribution < 1.29 is 14.7 Å². The SMILES string of the molecule is Nc1nccnc1C(=O)NCCCCCCCC(=O)O.